The molecule has 3 heterocycles. The molecule has 7 fully saturated rings. The third kappa shape index (κ3) is 7.46. The van der Waals surface area contributed by atoms with Gasteiger partial charge in [0, 0.05) is 5.41 Å². The van der Waals surface area contributed by atoms with Crippen LogP contribution in [0.3, 0.4) is 0 Å². The molecule has 0 unspecified atom stereocenters. The van der Waals surface area contributed by atoms with E-state index in [0.717, 1.165) is 5.57 Å². The van der Waals surface area contributed by atoms with Gasteiger partial charge in [-0.1, -0.05) is 60.1 Å². The number of rotatable bonds is 10. The lowest BCUT2D eigenvalue weighted by atomic mass is 9.32. The summed E-state index contributed by atoms with van der Waals surface area (Å²) in [6, 6.07) is 0. The van der Waals surface area contributed by atoms with Crippen LogP contribution in [-0.2, 0) is 33.2 Å². The molecule has 0 radical (unpaired) electrons. The first-order chi connectivity index (χ1) is 31.6. The van der Waals surface area contributed by atoms with Gasteiger partial charge in [0.1, 0.15) is 61.0 Å². The van der Waals surface area contributed by atoms with E-state index in [-0.39, 0.29) is 11.8 Å². The highest BCUT2D eigenvalue weighted by Gasteiger charge is 2.75. The minimum Gasteiger partial charge on any atom is -0.479 e. The number of allylic oxidation sites excluding steroid dienone is 1. The second kappa shape index (κ2) is 18.1. The molecule has 0 aromatic carbocycles. The Kier molecular flexibility index (Phi) is 14.1. The lowest BCUT2D eigenvalue weighted by Gasteiger charge is -2.73. The van der Waals surface area contributed by atoms with E-state index in [1.165, 1.54) is 0 Å². The molecule has 3 aliphatic heterocycles. The third-order valence-electron chi connectivity index (χ3n) is 19.5. The van der Waals surface area contributed by atoms with Crippen LogP contribution in [0.2, 0.25) is 0 Å². The van der Waals surface area contributed by atoms with E-state index in [1.807, 2.05) is 34.6 Å². The Labute approximate surface area is 395 Å². The zero-order valence-corrected chi connectivity index (χ0v) is 39.8. The molecule has 0 amide bonds. The number of hydrogen-bond acceptors (Lipinski definition) is 20. The molecule has 14 N–H and O–H groups in total. The van der Waals surface area contributed by atoms with Crippen LogP contribution >= 0.6 is 0 Å². The van der Waals surface area contributed by atoms with Gasteiger partial charge in [0.25, 0.3) is 0 Å². The van der Waals surface area contributed by atoms with Crippen molar-refractivity contribution in [2.24, 2.45) is 50.2 Å². The van der Waals surface area contributed by atoms with Crippen molar-refractivity contribution >= 4 is 5.97 Å². The number of carbonyl (C=O) groups is 1. The van der Waals surface area contributed by atoms with E-state index < -0.39 is 181 Å². The number of aliphatic hydroxyl groups is 13. The average Bonchev–Trinajstić information content (AvgIpc) is 3.55. The highest BCUT2D eigenvalue weighted by atomic mass is 16.8. The minimum absolute atomic E-state index is 0.0771. The van der Waals surface area contributed by atoms with Crippen LogP contribution in [0, 0.1) is 50.2 Å². The van der Waals surface area contributed by atoms with Gasteiger partial charge in [-0.05, 0) is 77.9 Å². The van der Waals surface area contributed by atoms with E-state index >= 15 is 0 Å². The van der Waals surface area contributed by atoms with Crippen molar-refractivity contribution < 1.29 is 105 Å². The summed E-state index contributed by atoms with van der Waals surface area (Å²) in [5, 5.41) is 154. The monoisotopic (exact) mass is 976 g/mol. The Balaban J connectivity index is 1.12. The molecule has 4 saturated carbocycles. The maximum atomic E-state index is 12.8. The summed E-state index contributed by atoms with van der Waals surface area (Å²) in [5.74, 6) is -2.36. The molecule has 8 rings (SSSR count). The second-order valence-electron chi connectivity index (χ2n) is 23.3. The smallest absolute Gasteiger partial charge is 0.335 e. The lowest BCUT2D eigenvalue weighted by Crippen LogP contribution is -2.76. The van der Waals surface area contributed by atoms with Gasteiger partial charge in [-0.3, -0.25) is 0 Å². The molecular formula is C47H76O21. The summed E-state index contributed by atoms with van der Waals surface area (Å²) in [5.41, 5.74) is -4.33. The van der Waals surface area contributed by atoms with Crippen molar-refractivity contribution in [1.29, 1.82) is 0 Å². The SMILES string of the molecule is CC1(C)C[C@H]2C3=CC[C@@H]4[C@@]5(C)CC[C@H](O[C@@H]6O[C@H](C(=O)O)[C@@H](O)[C@H](O[C@@H]7O[C@@H](CO)[C@H](O)[C@H]7O)[C@H]6O[C@@H]6O[C@H](CO)[C@H](O)[C@H](O)[C@H]6O)C(C)(C)[C@@H]5CC[C@@]4(C)[C@]3(C)[C@@H](O)[C@@H](O)[C@@]2(CO)[C@H](O)[C@@H]1O. The maximum absolute atomic E-state index is 12.8. The largest absolute Gasteiger partial charge is 0.479 e. The summed E-state index contributed by atoms with van der Waals surface area (Å²) in [4.78, 5) is 12.8. The zero-order chi connectivity index (χ0) is 50.2. The second-order valence-corrected chi connectivity index (χ2v) is 23.3. The fourth-order valence-electron chi connectivity index (χ4n) is 15.2. The van der Waals surface area contributed by atoms with Crippen molar-refractivity contribution in [2.45, 2.75) is 204 Å². The van der Waals surface area contributed by atoms with Crippen molar-refractivity contribution in [1.82, 2.24) is 0 Å². The van der Waals surface area contributed by atoms with Crippen molar-refractivity contribution in [3.05, 3.63) is 11.6 Å². The topological polar surface area (TPSA) is 356 Å². The van der Waals surface area contributed by atoms with Gasteiger partial charge in [0.05, 0.1) is 55.8 Å². The van der Waals surface area contributed by atoms with Crippen LogP contribution in [0.5, 0.6) is 0 Å². The van der Waals surface area contributed by atoms with Gasteiger partial charge in [-0.2, -0.15) is 0 Å². The quantitative estimate of drug-likeness (QED) is 0.0778. The Morgan fingerprint density at radius 2 is 1.19 bits per heavy atom. The van der Waals surface area contributed by atoms with Crippen molar-refractivity contribution in [3.63, 3.8) is 0 Å². The molecule has 8 aliphatic rings. The first-order valence-corrected chi connectivity index (χ1v) is 24.1. The van der Waals surface area contributed by atoms with E-state index in [9.17, 15) is 76.3 Å². The minimum atomic E-state index is -2.10. The zero-order valence-electron chi connectivity index (χ0n) is 39.8. The van der Waals surface area contributed by atoms with Gasteiger partial charge in [-0.15, -0.1) is 0 Å². The molecule has 5 aliphatic carbocycles. The van der Waals surface area contributed by atoms with Crippen LogP contribution < -0.4 is 0 Å². The Hall–Kier alpha value is -1.55. The fraction of sp³-hybridized carbons (Fsp3) is 0.936. The van der Waals surface area contributed by atoms with E-state index in [1.54, 1.807) is 0 Å². The number of ether oxygens (including phenoxy) is 6. The molecule has 0 aromatic heterocycles. The molecule has 0 aromatic rings. The van der Waals surface area contributed by atoms with Crippen LogP contribution in [-0.4, -0.2) is 214 Å². The molecule has 26 atom stereocenters. The standard InChI is InChI=1S/C47H76O21/c1-42(2)14-19-18-8-9-23-44(5)12-11-24(43(3,4)22(44)10-13-45(23,6)46(18,7)35(58)37(60)47(19,17-50)36(59)34(42)57)65-41-33(68-40-29(55)27(53)25(51)20(15-48)63-40)31(30(56)32(67-41)38(61)62)66-39-28(54)26(52)21(16-49)64-39/h8,19-37,39-41,48-60H,9-17H2,1-7H3,(H,61,62)/t19-,20+,21-,22-,23+,24-,25-,26-,27-,28+,29+,30-,31-,32-,33+,34-,35-,36+,37+,39-,40-,41+,44-,45+,46-,47+/m0/s1. The van der Waals surface area contributed by atoms with Crippen LogP contribution in [0.15, 0.2) is 11.6 Å². The molecule has 21 nitrogen and oxygen atoms in total. The highest BCUT2D eigenvalue weighted by molar-refractivity contribution is 5.73. The Morgan fingerprint density at radius 3 is 1.76 bits per heavy atom. The highest BCUT2D eigenvalue weighted by Crippen LogP contribution is 2.76. The summed E-state index contributed by atoms with van der Waals surface area (Å²) in [6.07, 6.45) is -26.4. The van der Waals surface area contributed by atoms with Gasteiger partial charge in [0.2, 0.25) is 0 Å². The average molecular weight is 977 g/mol. The molecule has 0 spiro atoms. The van der Waals surface area contributed by atoms with Gasteiger partial charge < -0.3 is 99.9 Å². The number of aliphatic carboxylic acids is 1. The maximum Gasteiger partial charge on any atom is 0.335 e. The first kappa shape index (κ1) is 52.8. The molecule has 3 saturated heterocycles. The predicted octanol–water partition coefficient (Wildman–Crippen LogP) is -2.77. The summed E-state index contributed by atoms with van der Waals surface area (Å²) < 4.78 is 36.2. The first-order valence-electron chi connectivity index (χ1n) is 24.1. The number of carboxylic acid groups (broad SMARTS) is 1. The molecule has 390 valence electrons. The lowest BCUT2D eigenvalue weighted by molar-refractivity contribution is -0.386. The molecule has 68 heavy (non-hydrogen) atoms. The van der Waals surface area contributed by atoms with E-state index in [0.29, 0.717) is 38.5 Å². The molecule has 0 bridgehead atoms. The van der Waals surface area contributed by atoms with Crippen LogP contribution in [0.25, 0.3) is 0 Å². The molecular weight excluding hydrogens is 900 g/mol. The van der Waals surface area contributed by atoms with Gasteiger partial charge in [-0.25, -0.2) is 4.79 Å². The molecule has 21 heteroatoms. The number of aliphatic hydroxyl groups excluding tert-OH is 13. The Morgan fingerprint density at radius 1 is 0.632 bits per heavy atom. The normalized spacial score (nSPS) is 55.3. The number of fused-ring (bicyclic) bond motifs is 7. The van der Waals surface area contributed by atoms with Crippen molar-refractivity contribution in [3.8, 4) is 0 Å². The number of hydrogen-bond donors (Lipinski definition) is 14. The predicted molar refractivity (Wildman–Crippen MR) is 230 cm³/mol. The van der Waals surface area contributed by atoms with E-state index in [2.05, 4.69) is 19.9 Å². The summed E-state index contributed by atoms with van der Waals surface area (Å²) >= 11 is 0. The number of carboxylic acids is 1. The van der Waals surface area contributed by atoms with Crippen LogP contribution in [0.1, 0.15) is 87.0 Å². The van der Waals surface area contributed by atoms with E-state index in [4.69, 9.17) is 28.4 Å². The fourth-order valence-corrected chi connectivity index (χ4v) is 15.2. The Bertz CT molecular complexity index is 1880. The van der Waals surface area contributed by atoms with Crippen molar-refractivity contribution in [2.75, 3.05) is 19.8 Å². The van der Waals surface area contributed by atoms with Gasteiger partial charge >= 0.3 is 5.97 Å². The summed E-state index contributed by atoms with van der Waals surface area (Å²) in [7, 11) is 0. The van der Waals surface area contributed by atoms with Gasteiger partial charge in [0.15, 0.2) is 25.0 Å². The summed E-state index contributed by atoms with van der Waals surface area (Å²) in [6.45, 7) is 11.9. The van der Waals surface area contributed by atoms with Crippen LogP contribution in [0.4, 0.5) is 0 Å². The third-order valence-corrected chi connectivity index (χ3v) is 19.5.